The van der Waals surface area contributed by atoms with Crippen LogP contribution in [-0.4, -0.2) is 35.3 Å². The van der Waals surface area contributed by atoms with Crippen molar-refractivity contribution in [3.63, 3.8) is 0 Å². The summed E-state index contributed by atoms with van der Waals surface area (Å²) in [5, 5.41) is 0. The Balaban J connectivity index is 1.92. The first-order chi connectivity index (χ1) is 12.2. The predicted molar refractivity (Wildman–Crippen MR) is 102 cm³/mol. The minimum atomic E-state index is 0.218. The summed E-state index contributed by atoms with van der Waals surface area (Å²) in [7, 11) is 0. The summed E-state index contributed by atoms with van der Waals surface area (Å²) in [6, 6.07) is 17.1. The normalized spacial score (nSPS) is 14.3. The highest BCUT2D eigenvalue weighted by atomic mass is 16.2. The molecule has 0 fully saturated rings. The van der Waals surface area contributed by atoms with Gasteiger partial charge in [0.1, 0.15) is 0 Å². The minimum absolute atomic E-state index is 0.218. The molecule has 25 heavy (non-hydrogen) atoms. The molecule has 0 unspecified atom stereocenters. The van der Waals surface area contributed by atoms with E-state index in [0.29, 0.717) is 19.6 Å². The van der Waals surface area contributed by atoms with E-state index in [1.54, 1.807) is 0 Å². The number of hydrogen-bond donors (Lipinski definition) is 0. The van der Waals surface area contributed by atoms with E-state index in [1.807, 2.05) is 4.90 Å². The number of benzene rings is 2. The Labute approximate surface area is 151 Å². The topological polar surface area (TPSA) is 23.6 Å². The Morgan fingerprint density at radius 2 is 1.28 bits per heavy atom. The quantitative estimate of drug-likeness (QED) is 0.851. The van der Waals surface area contributed by atoms with E-state index in [1.165, 1.54) is 22.3 Å². The highest BCUT2D eigenvalue weighted by Gasteiger charge is 2.20. The zero-order chi connectivity index (χ0) is 17.6. The van der Waals surface area contributed by atoms with Crippen LogP contribution >= 0.6 is 0 Å². The molecular weight excluding hydrogens is 308 g/mol. The van der Waals surface area contributed by atoms with Gasteiger partial charge < -0.3 is 4.90 Å². The second-order valence-electron chi connectivity index (χ2n) is 6.75. The maximum Gasteiger partial charge on any atom is 0.237 e. The van der Waals surface area contributed by atoms with E-state index in [9.17, 15) is 4.79 Å². The van der Waals surface area contributed by atoms with Gasteiger partial charge in [-0.25, -0.2) is 0 Å². The van der Waals surface area contributed by atoms with Gasteiger partial charge in [0.05, 0.1) is 6.54 Å². The molecule has 132 valence electrons. The summed E-state index contributed by atoms with van der Waals surface area (Å²) in [5.74, 6) is 0.218. The molecule has 3 rings (SSSR count). The van der Waals surface area contributed by atoms with Gasteiger partial charge in [-0.05, 0) is 48.2 Å². The average molecular weight is 336 g/mol. The van der Waals surface area contributed by atoms with Gasteiger partial charge in [0.25, 0.3) is 0 Å². The third-order valence-corrected chi connectivity index (χ3v) is 5.23. The summed E-state index contributed by atoms with van der Waals surface area (Å²) >= 11 is 0. The lowest BCUT2D eigenvalue weighted by Crippen LogP contribution is -2.39. The molecule has 1 heterocycles. The van der Waals surface area contributed by atoms with Crippen molar-refractivity contribution >= 4 is 5.91 Å². The molecule has 3 nitrogen and oxygen atoms in total. The van der Waals surface area contributed by atoms with E-state index in [4.69, 9.17) is 0 Å². The predicted octanol–water partition coefficient (Wildman–Crippen LogP) is 3.66. The lowest BCUT2D eigenvalue weighted by atomic mass is 9.98. The molecule has 0 spiro atoms. The fourth-order valence-corrected chi connectivity index (χ4v) is 3.56. The van der Waals surface area contributed by atoms with Crippen molar-refractivity contribution in [1.29, 1.82) is 0 Å². The van der Waals surface area contributed by atoms with Crippen molar-refractivity contribution in [3.8, 4) is 0 Å². The van der Waals surface area contributed by atoms with Crippen LogP contribution in [0, 0.1) is 0 Å². The second kappa shape index (κ2) is 8.30. The molecule has 2 aromatic carbocycles. The third-order valence-electron chi connectivity index (χ3n) is 5.23. The van der Waals surface area contributed by atoms with E-state index in [2.05, 4.69) is 67.3 Å². The summed E-state index contributed by atoms with van der Waals surface area (Å²) in [6.45, 7) is 7.93. The maximum atomic E-state index is 13.0. The van der Waals surface area contributed by atoms with Crippen molar-refractivity contribution in [2.45, 2.75) is 39.8 Å². The van der Waals surface area contributed by atoms with Crippen LogP contribution in [0.4, 0.5) is 0 Å². The molecular formula is C22H28N2O. The highest BCUT2D eigenvalue weighted by molar-refractivity contribution is 5.78. The van der Waals surface area contributed by atoms with Crippen molar-refractivity contribution in [3.05, 3.63) is 70.8 Å². The lowest BCUT2D eigenvalue weighted by molar-refractivity contribution is -0.133. The van der Waals surface area contributed by atoms with Crippen LogP contribution in [0.1, 0.15) is 36.1 Å². The molecule has 0 bridgehead atoms. The average Bonchev–Trinajstić information content (AvgIpc) is 2.73. The molecule has 0 saturated carbocycles. The molecule has 0 atom stereocenters. The SMILES string of the molecule is CCN(CC)CC(=O)N1Cc2ccccc2CCc2ccccc2C1. The number of amides is 1. The summed E-state index contributed by atoms with van der Waals surface area (Å²) in [5.41, 5.74) is 5.28. The lowest BCUT2D eigenvalue weighted by Gasteiger charge is -2.27. The summed E-state index contributed by atoms with van der Waals surface area (Å²) in [6.07, 6.45) is 2.07. The first kappa shape index (κ1) is 17.7. The van der Waals surface area contributed by atoms with Crippen LogP contribution in [0.3, 0.4) is 0 Å². The van der Waals surface area contributed by atoms with Gasteiger partial charge >= 0.3 is 0 Å². The van der Waals surface area contributed by atoms with Crippen LogP contribution in [0.5, 0.6) is 0 Å². The molecule has 1 aliphatic heterocycles. The van der Waals surface area contributed by atoms with E-state index in [-0.39, 0.29) is 5.91 Å². The van der Waals surface area contributed by atoms with Crippen LogP contribution in [0.2, 0.25) is 0 Å². The Kier molecular flexibility index (Phi) is 5.87. The number of nitrogens with zero attached hydrogens (tertiary/aromatic N) is 2. The molecule has 0 radical (unpaired) electrons. The zero-order valence-electron chi connectivity index (χ0n) is 15.4. The molecule has 0 aromatic heterocycles. The van der Waals surface area contributed by atoms with E-state index >= 15 is 0 Å². The molecule has 3 heteroatoms. The number of rotatable bonds is 4. The summed E-state index contributed by atoms with van der Waals surface area (Å²) < 4.78 is 0. The van der Waals surface area contributed by atoms with Gasteiger partial charge in [-0.2, -0.15) is 0 Å². The van der Waals surface area contributed by atoms with Gasteiger partial charge in [-0.15, -0.1) is 0 Å². The van der Waals surface area contributed by atoms with Crippen molar-refractivity contribution in [2.24, 2.45) is 0 Å². The fourth-order valence-electron chi connectivity index (χ4n) is 3.56. The van der Waals surface area contributed by atoms with E-state index in [0.717, 1.165) is 25.9 Å². The Morgan fingerprint density at radius 1 is 0.840 bits per heavy atom. The Morgan fingerprint density at radius 3 is 1.72 bits per heavy atom. The smallest absolute Gasteiger partial charge is 0.237 e. The third kappa shape index (κ3) is 4.29. The van der Waals surface area contributed by atoms with Crippen molar-refractivity contribution in [2.75, 3.05) is 19.6 Å². The monoisotopic (exact) mass is 336 g/mol. The fraction of sp³-hybridized carbons (Fsp3) is 0.409. The van der Waals surface area contributed by atoms with Crippen LogP contribution in [0.25, 0.3) is 0 Å². The molecule has 0 N–H and O–H groups in total. The second-order valence-corrected chi connectivity index (χ2v) is 6.75. The zero-order valence-corrected chi connectivity index (χ0v) is 15.4. The van der Waals surface area contributed by atoms with Gasteiger partial charge in [0.15, 0.2) is 0 Å². The Hall–Kier alpha value is -2.13. The van der Waals surface area contributed by atoms with Gasteiger partial charge in [0.2, 0.25) is 5.91 Å². The largest absolute Gasteiger partial charge is 0.333 e. The number of aryl methyl sites for hydroxylation is 2. The van der Waals surface area contributed by atoms with Gasteiger partial charge in [-0.3, -0.25) is 9.69 Å². The van der Waals surface area contributed by atoms with Gasteiger partial charge in [0, 0.05) is 13.1 Å². The first-order valence-corrected chi connectivity index (χ1v) is 9.35. The van der Waals surface area contributed by atoms with Crippen LogP contribution in [0.15, 0.2) is 48.5 Å². The van der Waals surface area contributed by atoms with Crippen LogP contribution < -0.4 is 0 Å². The summed E-state index contributed by atoms with van der Waals surface area (Å²) in [4.78, 5) is 17.2. The number of hydrogen-bond acceptors (Lipinski definition) is 2. The number of carbonyl (C=O) groups excluding carboxylic acids is 1. The molecule has 1 amide bonds. The number of carbonyl (C=O) groups is 1. The maximum absolute atomic E-state index is 13.0. The van der Waals surface area contributed by atoms with Crippen LogP contribution in [-0.2, 0) is 30.7 Å². The van der Waals surface area contributed by atoms with Gasteiger partial charge in [-0.1, -0.05) is 62.4 Å². The highest BCUT2D eigenvalue weighted by Crippen LogP contribution is 2.22. The van der Waals surface area contributed by atoms with Crippen molar-refractivity contribution in [1.82, 2.24) is 9.80 Å². The van der Waals surface area contributed by atoms with Crippen molar-refractivity contribution < 1.29 is 4.79 Å². The molecule has 0 saturated heterocycles. The number of fused-ring (bicyclic) bond motifs is 2. The standard InChI is InChI=1S/C22H28N2O/c1-3-23(4-2)17-22(25)24-15-20-11-7-5-9-18(20)13-14-19-10-6-8-12-21(19)16-24/h5-12H,3-4,13-17H2,1-2H3. The molecule has 0 aliphatic carbocycles. The molecule has 2 aromatic rings. The Bertz CT molecular complexity index is 672. The molecule has 1 aliphatic rings. The first-order valence-electron chi connectivity index (χ1n) is 9.35. The minimum Gasteiger partial charge on any atom is -0.333 e. The van der Waals surface area contributed by atoms with E-state index < -0.39 is 0 Å². The number of likely N-dealkylation sites (N-methyl/N-ethyl adjacent to an activating group) is 1.